The first-order valence-electron chi connectivity index (χ1n) is 9.87. The fraction of sp³-hybridized carbons (Fsp3) is 0.348. The summed E-state index contributed by atoms with van der Waals surface area (Å²) in [6.07, 6.45) is 5.94. The molecular formula is C23H24ClNO4. The lowest BCUT2D eigenvalue weighted by Crippen LogP contribution is -2.22. The average molecular weight is 414 g/mol. The van der Waals surface area contributed by atoms with Crippen LogP contribution in [0.3, 0.4) is 0 Å². The van der Waals surface area contributed by atoms with E-state index in [4.69, 9.17) is 16.3 Å². The molecule has 2 aromatic rings. The Morgan fingerprint density at radius 1 is 1.03 bits per heavy atom. The van der Waals surface area contributed by atoms with Gasteiger partial charge in [0.2, 0.25) is 0 Å². The highest BCUT2D eigenvalue weighted by molar-refractivity contribution is 6.31. The summed E-state index contributed by atoms with van der Waals surface area (Å²) in [7, 11) is 0. The SMILES string of the molecule is O=C(COC(=O)CCC1CCCC1)Nc1ccc(Cl)cc1C(=O)c1ccccc1. The number of carbonyl (C=O) groups is 3. The van der Waals surface area contributed by atoms with Gasteiger partial charge in [-0.15, -0.1) is 0 Å². The van der Waals surface area contributed by atoms with E-state index in [0.717, 1.165) is 6.42 Å². The van der Waals surface area contributed by atoms with Gasteiger partial charge in [-0.05, 0) is 30.5 Å². The van der Waals surface area contributed by atoms with E-state index in [0.29, 0.717) is 28.6 Å². The smallest absolute Gasteiger partial charge is 0.306 e. The van der Waals surface area contributed by atoms with Crippen LogP contribution in [0.1, 0.15) is 54.4 Å². The number of anilines is 1. The largest absolute Gasteiger partial charge is 0.456 e. The van der Waals surface area contributed by atoms with Crippen LogP contribution < -0.4 is 5.32 Å². The van der Waals surface area contributed by atoms with Gasteiger partial charge in [0, 0.05) is 22.6 Å². The van der Waals surface area contributed by atoms with Gasteiger partial charge in [0.15, 0.2) is 12.4 Å². The minimum absolute atomic E-state index is 0.253. The van der Waals surface area contributed by atoms with Crippen molar-refractivity contribution < 1.29 is 19.1 Å². The fourth-order valence-electron chi connectivity index (χ4n) is 3.58. The molecule has 0 atom stereocenters. The lowest BCUT2D eigenvalue weighted by atomic mass is 10.0. The van der Waals surface area contributed by atoms with Gasteiger partial charge in [0.25, 0.3) is 5.91 Å². The summed E-state index contributed by atoms with van der Waals surface area (Å²) in [6.45, 7) is -0.384. The zero-order valence-electron chi connectivity index (χ0n) is 16.2. The van der Waals surface area contributed by atoms with Gasteiger partial charge >= 0.3 is 5.97 Å². The number of benzene rings is 2. The maximum absolute atomic E-state index is 12.8. The van der Waals surface area contributed by atoms with E-state index in [1.165, 1.54) is 31.7 Å². The van der Waals surface area contributed by atoms with Crippen LogP contribution in [-0.2, 0) is 14.3 Å². The van der Waals surface area contributed by atoms with Crippen LogP contribution in [0.5, 0.6) is 0 Å². The Labute approximate surface area is 175 Å². The van der Waals surface area contributed by atoms with Crippen LogP contribution >= 0.6 is 11.6 Å². The third kappa shape index (κ3) is 6.16. The van der Waals surface area contributed by atoms with E-state index in [9.17, 15) is 14.4 Å². The Bertz CT molecular complexity index is 876. The molecule has 0 unspecified atom stereocenters. The lowest BCUT2D eigenvalue weighted by Gasteiger charge is -2.12. The van der Waals surface area contributed by atoms with Crippen LogP contribution in [0.15, 0.2) is 48.5 Å². The summed E-state index contributed by atoms with van der Waals surface area (Å²) in [5, 5.41) is 3.03. The minimum Gasteiger partial charge on any atom is -0.456 e. The van der Waals surface area contributed by atoms with Crippen molar-refractivity contribution in [2.45, 2.75) is 38.5 Å². The summed E-state index contributed by atoms with van der Waals surface area (Å²) >= 11 is 6.04. The Morgan fingerprint density at radius 2 is 1.76 bits per heavy atom. The van der Waals surface area contributed by atoms with E-state index in [1.54, 1.807) is 36.4 Å². The van der Waals surface area contributed by atoms with E-state index >= 15 is 0 Å². The van der Waals surface area contributed by atoms with Crippen molar-refractivity contribution in [2.24, 2.45) is 5.92 Å². The molecule has 152 valence electrons. The van der Waals surface area contributed by atoms with E-state index in [1.807, 2.05) is 6.07 Å². The second-order valence-electron chi connectivity index (χ2n) is 7.28. The van der Waals surface area contributed by atoms with Gasteiger partial charge in [-0.1, -0.05) is 67.6 Å². The van der Waals surface area contributed by atoms with Gasteiger partial charge in [-0.2, -0.15) is 0 Å². The fourth-order valence-corrected chi connectivity index (χ4v) is 3.76. The van der Waals surface area contributed by atoms with Crippen molar-refractivity contribution in [3.05, 3.63) is 64.7 Å². The maximum atomic E-state index is 12.8. The van der Waals surface area contributed by atoms with Crippen molar-refractivity contribution in [1.82, 2.24) is 0 Å². The van der Waals surface area contributed by atoms with E-state index < -0.39 is 5.91 Å². The molecule has 3 rings (SSSR count). The Kier molecular flexibility index (Phi) is 7.42. The van der Waals surface area contributed by atoms with Crippen LogP contribution in [-0.4, -0.2) is 24.3 Å². The number of ether oxygens (including phenoxy) is 1. The standard InChI is InChI=1S/C23H24ClNO4/c24-18-11-12-20(19(14-18)23(28)17-8-2-1-3-9-17)25-21(26)15-29-22(27)13-10-16-6-4-5-7-16/h1-3,8-9,11-12,14,16H,4-7,10,13,15H2,(H,25,26). The van der Waals surface area contributed by atoms with Crippen molar-refractivity contribution in [3.63, 3.8) is 0 Å². The number of ketones is 1. The molecular weight excluding hydrogens is 390 g/mol. The maximum Gasteiger partial charge on any atom is 0.306 e. The average Bonchev–Trinajstić information content (AvgIpc) is 3.26. The third-order valence-corrected chi connectivity index (χ3v) is 5.37. The summed E-state index contributed by atoms with van der Waals surface area (Å²) in [5.41, 5.74) is 1.10. The minimum atomic E-state index is -0.497. The first-order valence-corrected chi connectivity index (χ1v) is 10.3. The molecule has 0 spiro atoms. The summed E-state index contributed by atoms with van der Waals surface area (Å²) in [6, 6.07) is 13.4. The van der Waals surface area contributed by atoms with E-state index in [-0.39, 0.29) is 23.9 Å². The molecule has 29 heavy (non-hydrogen) atoms. The molecule has 1 N–H and O–H groups in total. The monoisotopic (exact) mass is 413 g/mol. The summed E-state index contributed by atoms with van der Waals surface area (Å²) in [5.74, 6) is -0.527. The Balaban J connectivity index is 1.57. The van der Waals surface area contributed by atoms with Gasteiger partial charge < -0.3 is 10.1 Å². The number of esters is 1. The molecule has 1 amide bonds. The van der Waals surface area contributed by atoms with Crippen LogP contribution in [0.25, 0.3) is 0 Å². The second-order valence-corrected chi connectivity index (χ2v) is 7.72. The third-order valence-electron chi connectivity index (χ3n) is 5.13. The molecule has 0 aliphatic heterocycles. The normalized spacial score (nSPS) is 13.8. The highest BCUT2D eigenvalue weighted by Crippen LogP contribution is 2.28. The number of rotatable bonds is 8. The predicted octanol–water partition coefficient (Wildman–Crippen LogP) is 5.02. The molecule has 1 saturated carbocycles. The predicted molar refractivity (Wildman–Crippen MR) is 112 cm³/mol. The highest BCUT2D eigenvalue weighted by Gasteiger charge is 2.18. The first-order chi connectivity index (χ1) is 14.0. The summed E-state index contributed by atoms with van der Waals surface area (Å²) < 4.78 is 5.08. The molecule has 1 fully saturated rings. The number of amides is 1. The molecule has 0 radical (unpaired) electrons. The van der Waals surface area contributed by atoms with Crippen molar-refractivity contribution >= 4 is 34.9 Å². The molecule has 0 heterocycles. The molecule has 1 aliphatic rings. The first kappa shape index (κ1) is 21.1. The second kappa shape index (κ2) is 10.2. The quantitative estimate of drug-likeness (QED) is 0.487. The van der Waals surface area contributed by atoms with E-state index in [2.05, 4.69) is 5.32 Å². The number of nitrogens with one attached hydrogen (secondary N) is 1. The molecule has 0 saturated heterocycles. The number of carbonyl (C=O) groups excluding carboxylic acids is 3. The molecule has 0 aromatic heterocycles. The molecule has 2 aromatic carbocycles. The number of hydrogen-bond acceptors (Lipinski definition) is 4. The molecule has 0 bridgehead atoms. The van der Waals surface area contributed by atoms with Crippen molar-refractivity contribution in [2.75, 3.05) is 11.9 Å². The molecule has 5 nitrogen and oxygen atoms in total. The van der Waals surface area contributed by atoms with Gasteiger partial charge in [-0.25, -0.2) is 0 Å². The van der Waals surface area contributed by atoms with Crippen LogP contribution in [0.2, 0.25) is 5.02 Å². The van der Waals surface area contributed by atoms with Crippen LogP contribution in [0.4, 0.5) is 5.69 Å². The van der Waals surface area contributed by atoms with Gasteiger partial charge in [-0.3, -0.25) is 14.4 Å². The zero-order chi connectivity index (χ0) is 20.6. The Hall–Kier alpha value is -2.66. The van der Waals surface area contributed by atoms with Gasteiger partial charge in [0.1, 0.15) is 0 Å². The topological polar surface area (TPSA) is 72.5 Å². The summed E-state index contributed by atoms with van der Waals surface area (Å²) in [4.78, 5) is 36.9. The highest BCUT2D eigenvalue weighted by atomic mass is 35.5. The van der Waals surface area contributed by atoms with Crippen molar-refractivity contribution in [3.8, 4) is 0 Å². The van der Waals surface area contributed by atoms with Crippen molar-refractivity contribution in [1.29, 1.82) is 0 Å². The number of halogens is 1. The van der Waals surface area contributed by atoms with Gasteiger partial charge in [0.05, 0.1) is 5.69 Å². The number of hydrogen-bond donors (Lipinski definition) is 1. The Morgan fingerprint density at radius 3 is 2.48 bits per heavy atom. The molecule has 6 heteroatoms. The lowest BCUT2D eigenvalue weighted by molar-refractivity contribution is -0.147. The zero-order valence-corrected chi connectivity index (χ0v) is 16.9. The molecule has 1 aliphatic carbocycles. The van der Waals surface area contributed by atoms with Crippen LogP contribution in [0, 0.1) is 5.92 Å².